The Kier molecular flexibility index (Phi) is 3.82. The first-order valence-corrected chi connectivity index (χ1v) is 6.31. The van der Waals surface area contributed by atoms with Crippen LogP contribution in [-0.2, 0) is 0 Å². The summed E-state index contributed by atoms with van der Waals surface area (Å²) >= 11 is 9.48. The minimum atomic E-state index is -0.756. The highest BCUT2D eigenvalue weighted by atomic mass is 79.9. The van der Waals surface area contributed by atoms with Crippen LogP contribution < -0.4 is 0 Å². The molecule has 2 nitrogen and oxygen atoms in total. The number of aromatic nitrogens is 1. The highest BCUT2D eigenvalue weighted by Crippen LogP contribution is 2.32. The molecule has 1 heterocycles. The fourth-order valence-corrected chi connectivity index (χ4v) is 2.16. The smallest absolute Gasteiger partial charge is 0.107 e. The van der Waals surface area contributed by atoms with E-state index >= 15 is 0 Å². The topological polar surface area (TPSA) is 33.1 Å². The standard InChI is InChI=1S/C13H11BrClNO/c1-8-5-6-9(7-16-8)13(17)10-3-2-4-11(14)12(10)15/h2-7,13,17H,1H3. The van der Waals surface area contributed by atoms with Crippen molar-refractivity contribution in [3.63, 3.8) is 0 Å². The maximum Gasteiger partial charge on any atom is 0.107 e. The van der Waals surface area contributed by atoms with Crippen LogP contribution in [0, 0.1) is 6.92 Å². The van der Waals surface area contributed by atoms with Gasteiger partial charge in [0.15, 0.2) is 0 Å². The van der Waals surface area contributed by atoms with Gasteiger partial charge >= 0.3 is 0 Å². The Morgan fingerprint density at radius 2 is 2.06 bits per heavy atom. The second kappa shape index (κ2) is 5.17. The summed E-state index contributed by atoms with van der Waals surface area (Å²) in [6.45, 7) is 1.91. The molecule has 1 aromatic heterocycles. The van der Waals surface area contributed by atoms with Gasteiger partial charge in [0.05, 0.1) is 5.02 Å². The zero-order valence-corrected chi connectivity index (χ0v) is 11.5. The second-order valence-corrected chi connectivity index (χ2v) is 5.01. The number of hydrogen-bond donors (Lipinski definition) is 1. The molecule has 0 aliphatic carbocycles. The van der Waals surface area contributed by atoms with Gasteiger partial charge in [-0.25, -0.2) is 0 Å². The lowest BCUT2D eigenvalue weighted by molar-refractivity contribution is 0.220. The summed E-state index contributed by atoms with van der Waals surface area (Å²) in [5, 5.41) is 10.8. The van der Waals surface area contributed by atoms with Gasteiger partial charge in [-0.15, -0.1) is 0 Å². The monoisotopic (exact) mass is 311 g/mol. The molecule has 2 rings (SSSR count). The van der Waals surface area contributed by atoms with E-state index in [1.54, 1.807) is 12.3 Å². The summed E-state index contributed by atoms with van der Waals surface area (Å²) in [6.07, 6.45) is 0.908. The van der Waals surface area contributed by atoms with E-state index in [9.17, 15) is 5.11 Å². The largest absolute Gasteiger partial charge is 0.384 e. The molecule has 1 atom stereocenters. The number of halogens is 2. The summed E-state index contributed by atoms with van der Waals surface area (Å²) in [6, 6.07) is 9.20. The molecule has 1 unspecified atom stereocenters. The number of aryl methyl sites for hydroxylation is 1. The molecular formula is C13H11BrClNO. The van der Waals surface area contributed by atoms with Crippen molar-refractivity contribution in [3.8, 4) is 0 Å². The van der Waals surface area contributed by atoms with Crippen LogP contribution in [0.2, 0.25) is 5.02 Å². The zero-order chi connectivity index (χ0) is 12.4. The van der Waals surface area contributed by atoms with E-state index in [0.717, 1.165) is 15.7 Å². The third-order valence-electron chi connectivity index (χ3n) is 2.53. The fraction of sp³-hybridized carbons (Fsp3) is 0.154. The minimum Gasteiger partial charge on any atom is -0.384 e. The number of hydrogen-bond acceptors (Lipinski definition) is 2. The molecule has 0 amide bonds. The number of pyridine rings is 1. The second-order valence-electron chi connectivity index (χ2n) is 3.78. The molecule has 0 aliphatic rings. The average Bonchev–Trinajstić information content (AvgIpc) is 2.33. The predicted molar refractivity (Wildman–Crippen MR) is 72.2 cm³/mol. The minimum absolute atomic E-state index is 0.528. The summed E-state index contributed by atoms with van der Waals surface area (Å²) < 4.78 is 0.774. The molecule has 2 aromatic rings. The third kappa shape index (κ3) is 2.68. The van der Waals surface area contributed by atoms with Crippen molar-refractivity contribution in [2.24, 2.45) is 0 Å². The Hall–Kier alpha value is -0.900. The first-order valence-electron chi connectivity index (χ1n) is 5.14. The Morgan fingerprint density at radius 3 is 2.71 bits per heavy atom. The van der Waals surface area contributed by atoms with Crippen molar-refractivity contribution >= 4 is 27.5 Å². The average molecular weight is 313 g/mol. The molecule has 17 heavy (non-hydrogen) atoms. The highest BCUT2D eigenvalue weighted by Gasteiger charge is 2.15. The molecule has 0 fully saturated rings. The van der Waals surface area contributed by atoms with Gasteiger partial charge in [0, 0.05) is 27.5 Å². The van der Waals surface area contributed by atoms with Crippen molar-refractivity contribution in [3.05, 3.63) is 62.8 Å². The number of rotatable bonds is 2. The van der Waals surface area contributed by atoms with E-state index in [4.69, 9.17) is 11.6 Å². The van der Waals surface area contributed by atoms with Gasteiger partial charge in [-0.05, 0) is 35.0 Å². The molecule has 0 saturated heterocycles. The van der Waals surface area contributed by atoms with Crippen LogP contribution in [0.3, 0.4) is 0 Å². The SMILES string of the molecule is Cc1ccc(C(O)c2cccc(Br)c2Cl)cn1. The summed E-state index contributed by atoms with van der Waals surface area (Å²) in [7, 11) is 0. The quantitative estimate of drug-likeness (QED) is 0.912. The number of aliphatic hydroxyl groups is 1. The Morgan fingerprint density at radius 1 is 1.29 bits per heavy atom. The van der Waals surface area contributed by atoms with E-state index in [-0.39, 0.29) is 0 Å². The number of nitrogens with zero attached hydrogens (tertiary/aromatic N) is 1. The first-order chi connectivity index (χ1) is 8.09. The van der Waals surface area contributed by atoms with Gasteiger partial charge in [0.1, 0.15) is 6.10 Å². The van der Waals surface area contributed by atoms with Crippen LogP contribution in [0.25, 0.3) is 0 Å². The van der Waals surface area contributed by atoms with E-state index in [1.165, 1.54) is 0 Å². The van der Waals surface area contributed by atoms with Gasteiger partial charge in [-0.3, -0.25) is 4.98 Å². The molecule has 0 bridgehead atoms. The molecule has 0 aliphatic heterocycles. The van der Waals surface area contributed by atoms with Crippen LogP contribution >= 0.6 is 27.5 Å². The van der Waals surface area contributed by atoms with Crippen LogP contribution in [0.1, 0.15) is 22.9 Å². The zero-order valence-electron chi connectivity index (χ0n) is 9.19. The van der Waals surface area contributed by atoms with Crippen LogP contribution in [-0.4, -0.2) is 10.1 Å². The predicted octanol–water partition coefficient (Wildman–Crippen LogP) is 3.89. The van der Waals surface area contributed by atoms with Crippen molar-refractivity contribution in [2.45, 2.75) is 13.0 Å². The van der Waals surface area contributed by atoms with Crippen LogP contribution in [0.4, 0.5) is 0 Å². The molecular weight excluding hydrogens is 302 g/mol. The number of benzene rings is 1. The Balaban J connectivity index is 2.40. The lowest BCUT2D eigenvalue weighted by Crippen LogP contribution is -2.01. The molecule has 0 radical (unpaired) electrons. The normalized spacial score (nSPS) is 12.5. The van der Waals surface area contributed by atoms with Gasteiger partial charge in [-0.1, -0.05) is 29.8 Å². The van der Waals surface area contributed by atoms with Gasteiger partial charge in [-0.2, -0.15) is 0 Å². The molecule has 88 valence electrons. The molecule has 0 saturated carbocycles. The number of aliphatic hydroxyl groups excluding tert-OH is 1. The van der Waals surface area contributed by atoms with Crippen LogP contribution in [0.15, 0.2) is 41.0 Å². The van der Waals surface area contributed by atoms with E-state index < -0.39 is 6.10 Å². The molecule has 1 aromatic carbocycles. The lowest BCUT2D eigenvalue weighted by atomic mass is 10.0. The third-order valence-corrected chi connectivity index (χ3v) is 3.84. The Labute approximate surface area is 113 Å². The van der Waals surface area contributed by atoms with Crippen molar-refractivity contribution < 1.29 is 5.11 Å². The maximum absolute atomic E-state index is 10.2. The molecule has 0 spiro atoms. The van der Waals surface area contributed by atoms with E-state index in [2.05, 4.69) is 20.9 Å². The first kappa shape index (κ1) is 12.6. The highest BCUT2D eigenvalue weighted by molar-refractivity contribution is 9.10. The van der Waals surface area contributed by atoms with Gasteiger partial charge in [0.25, 0.3) is 0 Å². The fourth-order valence-electron chi connectivity index (χ4n) is 1.55. The van der Waals surface area contributed by atoms with Crippen molar-refractivity contribution in [1.82, 2.24) is 4.98 Å². The summed E-state index contributed by atoms with van der Waals surface area (Å²) in [5.74, 6) is 0. The van der Waals surface area contributed by atoms with Gasteiger partial charge < -0.3 is 5.11 Å². The van der Waals surface area contributed by atoms with Gasteiger partial charge in [0.2, 0.25) is 0 Å². The molecule has 1 N–H and O–H groups in total. The summed E-state index contributed by atoms with van der Waals surface area (Å²) in [4.78, 5) is 4.16. The van der Waals surface area contributed by atoms with E-state index in [1.807, 2.05) is 31.2 Å². The molecule has 4 heteroatoms. The summed E-state index contributed by atoms with van der Waals surface area (Å²) in [5.41, 5.74) is 2.32. The Bertz CT molecular complexity index is 527. The van der Waals surface area contributed by atoms with Crippen molar-refractivity contribution in [1.29, 1.82) is 0 Å². The van der Waals surface area contributed by atoms with Crippen molar-refractivity contribution in [2.75, 3.05) is 0 Å². The lowest BCUT2D eigenvalue weighted by Gasteiger charge is -2.13. The maximum atomic E-state index is 10.2. The van der Waals surface area contributed by atoms with Crippen LogP contribution in [0.5, 0.6) is 0 Å². The van der Waals surface area contributed by atoms with E-state index in [0.29, 0.717) is 10.6 Å².